The van der Waals surface area contributed by atoms with Crippen molar-refractivity contribution in [1.82, 2.24) is 0 Å². The lowest BCUT2D eigenvalue weighted by Gasteiger charge is -2.04. The lowest BCUT2D eigenvalue weighted by atomic mass is 10.3. The van der Waals surface area contributed by atoms with Gasteiger partial charge in [0.2, 0.25) is 0 Å². The fraction of sp³-hybridized carbons (Fsp3) is 0. The van der Waals surface area contributed by atoms with Crippen molar-refractivity contribution in [3.63, 3.8) is 0 Å². The number of benzene rings is 1. The molecule has 0 spiro atoms. The highest BCUT2D eigenvalue weighted by atomic mass is 35.5. The van der Waals surface area contributed by atoms with Crippen molar-refractivity contribution in [2.24, 2.45) is 0 Å². The van der Waals surface area contributed by atoms with Gasteiger partial charge in [0.25, 0.3) is 5.91 Å². The highest BCUT2D eigenvalue weighted by Gasteiger charge is 2.13. The van der Waals surface area contributed by atoms with E-state index in [9.17, 15) is 14.0 Å². The molecule has 1 amide bonds. The minimum absolute atomic E-state index is 0.0578. The Morgan fingerprint density at radius 2 is 1.89 bits per heavy atom. The van der Waals surface area contributed by atoms with Crippen LogP contribution in [-0.2, 0) is 0 Å². The zero-order valence-electron chi connectivity index (χ0n) is 9.31. The Morgan fingerprint density at radius 3 is 2.47 bits per heavy atom. The van der Waals surface area contributed by atoms with E-state index in [2.05, 4.69) is 5.32 Å². The summed E-state index contributed by atoms with van der Waals surface area (Å²) in [6.07, 6.45) is 0. The van der Waals surface area contributed by atoms with Crippen LogP contribution in [0.2, 0.25) is 5.02 Å². The Labute approximate surface area is 116 Å². The van der Waals surface area contributed by atoms with Crippen LogP contribution in [0.1, 0.15) is 19.3 Å². The SMILES string of the molecule is O=C(O)c1ccc(C(=O)Nc2cc(F)cc(Cl)c2)s1. The first kappa shape index (κ1) is 13.5. The Hall–Kier alpha value is -1.92. The molecule has 98 valence electrons. The van der Waals surface area contributed by atoms with Gasteiger partial charge in [-0.25, -0.2) is 9.18 Å². The van der Waals surface area contributed by atoms with Crippen molar-refractivity contribution in [2.45, 2.75) is 0 Å². The maximum absolute atomic E-state index is 13.1. The quantitative estimate of drug-likeness (QED) is 0.911. The van der Waals surface area contributed by atoms with Crippen LogP contribution in [0.15, 0.2) is 30.3 Å². The van der Waals surface area contributed by atoms with Gasteiger partial charge in [0.05, 0.1) is 4.88 Å². The maximum Gasteiger partial charge on any atom is 0.345 e. The zero-order valence-corrected chi connectivity index (χ0v) is 10.9. The number of hydrogen-bond donors (Lipinski definition) is 2. The summed E-state index contributed by atoms with van der Waals surface area (Å²) in [4.78, 5) is 22.8. The Balaban J connectivity index is 2.18. The van der Waals surface area contributed by atoms with Crippen LogP contribution in [0.5, 0.6) is 0 Å². The van der Waals surface area contributed by atoms with Gasteiger partial charge in [0.1, 0.15) is 10.7 Å². The Kier molecular flexibility index (Phi) is 3.82. The summed E-state index contributed by atoms with van der Waals surface area (Å²) in [5.74, 6) is -2.18. The zero-order chi connectivity index (χ0) is 14.0. The van der Waals surface area contributed by atoms with E-state index < -0.39 is 17.7 Å². The second kappa shape index (κ2) is 5.38. The lowest BCUT2D eigenvalue weighted by molar-refractivity contribution is 0.0702. The number of halogens is 2. The predicted octanol–water partition coefficient (Wildman–Crippen LogP) is 3.49. The molecule has 2 N–H and O–H groups in total. The van der Waals surface area contributed by atoms with Gasteiger partial charge in [-0.2, -0.15) is 0 Å². The van der Waals surface area contributed by atoms with E-state index in [0.717, 1.165) is 23.5 Å². The number of rotatable bonds is 3. The summed E-state index contributed by atoms with van der Waals surface area (Å²) in [7, 11) is 0. The number of nitrogens with one attached hydrogen (secondary N) is 1. The van der Waals surface area contributed by atoms with E-state index in [1.807, 2.05) is 0 Å². The van der Waals surface area contributed by atoms with Gasteiger partial charge in [-0.1, -0.05) is 11.6 Å². The van der Waals surface area contributed by atoms with Crippen LogP contribution in [0, 0.1) is 5.82 Å². The topological polar surface area (TPSA) is 66.4 Å². The first-order valence-electron chi connectivity index (χ1n) is 5.06. The molecule has 1 heterocycles. The van der Waals surface area contributed by atoms with Gasteiger partial charge in [0.15, 0.2) is 0 Å². The van der Waals surface area contributed by atoms with Crippen molar-refractivity contribution in [2.75, 3.05) is 5.32 Å². The average molecular weight is 300 g/mol. The first-order valence-corrected chi connectivity index (χ1v) is 6.26. The van der Waals surface area contributed by atoms with Gasteiger partial charge in [-0.3, -0.25) is 4.79 Å². The number of carbonyl (C=O) groups excluding carboxylic acids is 1. The highest BCUT2D eigenvalue weighted by molar-refractivity contribution is 7.15. The molecule has 0 saturated carbocycles. The molecule has 0 aliphatic heterocycles. The summed E-state index contributed by atoms with van der Waals surface area (Å²) in [5.41, 5.74) is 0.209. The standard InChI is InChI=1S/C12H7ClFNO3S/c13-6-3-7(14)5-8(4-6)15-11(16)9-1-2-10(19-9)12(17)18/h1-5H,(H,15,16)(H,17,18). The van der Waals surface area contributed by atoms with Crippen LogP contribution < -0.4 is 5.32 Å². The van der Waals surface area contributed by atoms with Crippen molar-refractivity contribution in [3.05, 3.63) is 50.9 Å². The number of hydrogen-bond acceptors (Lipinski definition) is 3. The van der Waals surface area contributed by atoms with E-state index in [4.69, 9.17) is 16.7 Å². The Bertz CT molecular complexity index is 636. The van der Waals surface area contributed by atoms with Crippen molar-refractivity contribution in [3.8, 4) is 0 Å². The minimum atomic E-state index is -1.10. The molecule has 4 nitrogen and oxygen atoms in total. The van der Waals surface area contributed by atoms with E-state index >= 15 is 0 Å². The average Bonchev–Trinajstić information content (AvgIpc) is 2.76. The van der Waals surface area contributed by atoms with Gasteiger partial charge in [0, 0.05) is 10.7 Å². The van der Waals surface area contributed by atoms with E-state index in [1.54, 1.807) is 0 Å². The third-order valence-corrected chi connectivity index (χ3v) is 3.45. The number of anilines is 1. The van der Waals surface area contributed by atoms with E-state index in [1.165, 1.54) is 18.2 Å². The highest BCUT2D eigenvalue weighted by Crippen LogP contribution is 2.21. The molecule has 0 atom stereocenters. The number of amides is 1. The molecule has 1 aromatic carbocycles. The maximum atomic E-state index is 13.1. The normalized spacial score (nSPS) is 10.2. The fourth-order valence-electron chi connectivity index (χ4n) is 1.39. The van der Waals surface area contributed by atoms with Crippen LogP contribution in [0.4, 0.5) is 10.1 Å². The molecule has 1 aromatic heterocycles. The first-order chi connectivity index (χ1) is 8.95. The Morgan fingerprint density at radius 1 is 1.21 bits per heavy atom. The van der Waals surface area contributed by atoms with Gasteiger partial charge >= 0.3 is 5.97 Å². The summed E-state index contributed by atoms with van der Waals surface area (Å²) < 4.78 is 13.1. The molecule has 0 unspecified atom stereocenters. The van der Waals surface area contributed by atoms with Gasteiger partial charge in [-0.05, 0) is 30.3 Å². The van der Waals surface area contributed by atoms with Gasteiger partial charge < -0.3 is 10.4 Å². The number of thiophene rings is 1. The molecule has 0 fully saturated rings. The van der Waals surface area contributed by atoms with Crippen LogP contribution in [0.3, 0.4) is 0 Å². The van der Waals surface area contributed by atoms with Crippen LogP contribution in [0.25, 0.3) is 0 Å². The molecule has 7 heteroatoms. The molecule has 19 heavy (non-hydrogen) atoms. The molecule has 0 aliphatic carbocycles. The predicted molar refractivity (Wildman–Crippen MR) is 70.6 cm³/mol. The van der Waals surface area contributed by atoms with Crippen molar-refractivity contribution >= 4 is 40.5 Å². The second-order valence-corrected chi connectivity index (χ2v) is 5.10. The summed E-state index contributed by atoms with van der Waals surface area (Å²) >= 11 is 6.50. The van der Waals surface area contributed by atoms with Crippen molar-refractivity contribution < 1.29 is 19.1 Å². The third kappa shape index (κ3) is 3.30. The fourth-order valence-corrected chi connectivity index (χ4v) is 2.36. The van der Waals surface area contributed by atoms with E-state index in [0.29, 0.717) is 0 Å². The third-order valence-electron chi connectivity index (χ3n) is 2.16. The monoisotopic (exact) mass is 299 g/mol. The molecule has 2 rings (SSSR count). The van der Waals surface area contributed by atoms with Crippen molar-refractivity contribution in [1.29, 1.82) is 0 Å². The number of carboxylic acids is 1. The number of aromatic carboxylic acids is 1. The molecular weight excluding hydrogens is 293 g/mol. The summed E-state index contributed by atoms with van der Waals surface area (Å²) in [5, 5.41) is 11.4. The lowest BCUT2D eigenvalue weighted by Crippen LogP contribution is -2.10. The molecule has 0 bridgehead atoms. The van der Waals surface area contributed by atoms with Gasteiger partial charge in [-0.15, -0.1) is 11.3 Å². The van der Waals surface area contributed by atoms with E-state index in [-0.39, 0.29) is 20.5 Å². The van der Waals surface area contributed by atoms with Crippen LogP contribution in [-0.4, -0.2) is 17.0 Å². The van der Waals surface area contributed by atoms with Crippen LogP contribution >= 0.6 is 22.9 Å². The number of carbonyl (C=O) groups is 2. The summed E-state index contributed by atoms with van der Waals surface area (Å²) in [6, 6.07) is 6.36. The molecule has 0 saturated heterocycles. The largest absolute Gasteiger partial charge is 0.477 e. The smallest absolute Gasteiger partial charge is 0.345 e. The minimum Gasteiger partial charge on any atom is -0.477 e. The molecule has 0 aliphatic rings. The number of carboxylic acid groups (broad SMARTS) is 1. The second-order valence-electron chi connectivity index (χ2n) is 3.58. The summed E-state index contributed by atoms with van der Waals surface area (Å²) in [6.45, 7) is 0. The molecular formula is C12H7ClFNO3S. The molecule has 2 aromatic rings. The molecule has 0 radical (unpaired) electrons.